The zero-order valence-electron chi connectivity index (χ0n) is 14.7. The molecule has 0 saturated heterocycles. The van der Waals surface area contributed by atoms with Crippen LogP contribution in [0, 0.1) is 5.82 Å². The van der Waals surface area contributed by atoms with Crippen LogP contribution in [0.2, 0.25) is 0 Å². The molecular weight excluding hydrogens is 337 g/mol. The van der Waals surface area contributed by atoms with Gasteiger partial charge < -0.3 is 14.8 Å². The van der Waals surface area contributed by atoms with Crippen LogP contribution in [-0.2, 0) is 20.7 Å². The smallest absolute Gasteiger partial charge is 0.344 e. The average Bonchev–Trinajstić information content (AvgIpc) is 2.65. The molecule has 0 unspecified atom stereocenters. The zero-order chi connectivity index (χ0) is 18.8. The van der Waals surface area contributed by atoms with Gasteiger partial charge >= 0.3 is 5.97 Å². The fraction of sp³-hybridized carbons (Fsp3) is 0.300. The van der Waals surface area contributed by atoms with Gasteiger partial charge in [0.05, 0.1) is 0 Å². The molecule has 26 heavy (non-hydrogen) atoms. The summed E-state index contributed by atoms with van der Waals surface area (Å²) in [5.41, 5.74) is 1.86. The minimum absolute atomic E-state index is 0.343. The van der Waals surface area contributed by atoms with Crippen LogP contribution in [0.4, 0.5) is 10.1 Å². The molecule has 0 aromatic heterocycles. The van der Waals surface area contributed by atoms with E-state index in [2.05, 4.69) is 12.2 Å². The highest BCUT2D eigenvalue weighted by atomic mass is 19.1. The molecule has 0 atom stereocenters. The van der Waals surface area contributed by atoms with Crippen LogP contribution in [0.25, 0.3) is 0 Å². The van der Waals surface area contributed by atoms with Crippen molar-refractivity contribution in [3.05, 3.63) is 59.9 Å². The number of ether oxygens (including phenoxy) is 2. The van der Waals surface area contributed by atoms with E-state index in [-0.39, 0.29) is 6.61 Å². The van der Waals surface area contributed by atoms with E-state index in [4.69, 9.17) is 9.47 Å². The fourth-order valence-corrected chi connectivity index (χ4v) is 2.19. The predicted molar refractivity (Wildman–Crippen MR) is 96.5 cm³/mol. The largest absolute Gasteiger partial charge is 0.482 e. The topological polar surface area (TPSA) is 64.6 Å². The number of benzene rings is 2. The maximum Gasteiger partial charge on any atom is 0.344 e. The lowest BCUT2D eigenvalue weighted by atomic mass is 10.1. The number of rotatable bonds is 9. The number of anilines is 1. The molecule has 0 aliphatic heterocycles. The van der Waals surface area contributed by atoms with E-state index in [0.717, 1.165) is 19.3 Å². The summed E-state index contributed by atoms with van der Waals surface area (Å²) in [4.78, 5) is 23.4. The van der Waals surface area contributed by atoms with Crippen LogP contribution < -0.4 is 10.1 Å². The molecule has 0 heterocycles. The lowest BCUT2D eigenvalue weighted by Crippen LogP contribution is -2.23. The molecule has 0 spiro atoms. The van der Waals surface area contributed by atoms with Gasteiger partial charge in [0.15, 0.2) is 13.2 Å². The third-order valence-electron chi connectivity index (χ3n) is 3.59. The van der Waals surface area contributed by atoms with E-state index < -0.39 is 24.3 Å². The molecule has 1 amide bonds. The first-order valence-corrected chi connectivity index (χ1v) is 8.49. The second-order valence-corrected chi connectivity index (χ2v) is 5.75. The summed E-state index contributed by atoms with van der Waals surface area (Å²) >= 11 is 0. The van der Waals surface area contributed by atoms with Crippen molar-refractivity contribution < 1.29 is 23.5 Å². The van der Waals surface area contributed by atoms with Gasteiger partial charge in [-0.15, -0.1) is 0 Å². The van der Waals surface area contributed by atoms with Crippen molar-refractivity contribution in [3.63, 3.8) is 0 Å². The molecule has 0 bridgehead atoms. The van der Waals surface area contributed by atoms with Crippen LogP contribution in [-0.4, -0.2) is 25.1 Å². The van der Waals surface area contributed by atoms with Crippen molar-refractivity contribution in [2.24, 2.45) is 0 Å². The summed E-state index contributed by atoms with van der Waals surface area (Å²) in [5, 5.41) is 2.66. The number of halogens is 1. The Labute approximate surface area is 152 Å². The molecule has 2 aromatic rings. The van der Waals surface area contributed by atoms with E-state index in [0.29, 0.717) is 11.4 Å². The highest BCUT2D eigenvalue weighted by molar-refractivity contribution is 5.92. The Morgan fingerprint density at radius 3 is 2.35 bits per heavy atom. The number of hydrogen-bond acceptors (Lipinski definition) is 4. The molecule has 0 saturated carbocycles. The Morgan fingerprint density at radius 2 is 1.69 bits per heavy atom. The van der Waals surface area contributed by atoms with Crippen LogP contribution in [0.15, 0.2) is 48.5 Å². The lowest BCUT2D eigenvalue weighted by Gasteiger charge is -2.08. The lowest BCUT2D eigenvalue weighted by molar-refractivity contribution is -0.149. The van der Waals surface area contributed by atoms with Crippen LogP contribution >= 0.6 is 0 Å². The van der Waals surface area contributed by atoms with E-state index >= 15 is 0 Å². The van der Waals surface area contributed by atoms with Gasteiger partial charge in [0.25, 0.3) is 5.91 Å². The van der Waals surface area contributed by atoms with Crippen molar-refractivity contribution in [1.82, 2.24) is 0 Å². The number of hydrogen-bond donors (Lipinski definition) is 1. The average molecular weight is 359 g/mol. The second kappa shape index (κ2) is 10.2. The molecular formula is C20H22FNO4. The van der Waals surface area contributed by atoms with Crippen molar-refractivity contribution >= 4 is 17.6 Å². The maximum atomic E-state index is 12.8. The Morgan fingerprint density at radius 1 is 1.00 bits per heavy atom. The van der Waals surface area contributed by atoms with E-state index in [9.17, 15) is 14.0 Å². The van der Waals surface area contributed by atoms with Crippen LogP contribution in [0.3, 0.4) is 0 Å². The van der Waals surface area contributed by atoms with Crippen molar-refractivity contribution in [3.8, 4) is 5.75 Å². The van der Waals surface area contributed by atoms with E-state index in [1.165, 1.54) is 29.8 Å². The molecule has 2 aromatic carbocycles. The Balaban J connectivity index is 1.68. The molecule has 0 radical (unpaired) electrons. The van der Waals surface area contributed by atoms with Crippen LogP contribution in [0.5, 0.6) is 5.75 Å². The van der Waals surface area contributed by atoms with Gasteiger partial charge in [-0.25, -0.2) is 9.18 Å². The third kappa shape index (κ3) is 6.93. The second-order valence-electron chi connectivity index (χ2n) is 5.75. The van der Waals surface area contributed by atoms with Crippen LogP contribution in [0.1, 0.15) is 25.3 Å². The van der Waals surface area contributed by atoms with Gasteiger partial charge in [-0.1, -0.05) is 25.5 Å². The number of carbonyl (C=O) groups is 2. The molecule has 0 aliphatic rings. The normalized spacial score (nSPS) is 10.2. The van der Waals surface area contributed by atoms with Crippen molar-refractivity contribution in [1.29, 1.82) is 0 Å². The summed E-state index contributed by atoms with van der Waals surface area (Å²) in [6.45, 7) is 1.38. The molecule has 0 fully saturated rings. The first-order valence-electron chi connectivity index (χ1n) is 8.49. The summed E-state index contributed by atoms with van der Waals surface area (Å²) in [6.07, 6.45) is 3.27. The minimum atomic E-state index is -0.681. The Hall–Kier alpha value is -2.89. The van der Waals surface area contributed by atoms with Gasteiger partial charge in [0.2, 0.25) is 0 Å². The SMILES string of the molecule is CCCCc1ccc(NC(=O)COC(=O)COc2ccc(F)cc2)cc1. The Kier molecular flexibility index (Phi) is 7.61. The first kappa shape index (κ1) is 19.4. The highest BCUT2D eigenvalue weighted by Gasteiger charge is 2.09. The van der Waals surface area contributed by atoms with E-state index in [1.807, 2.05) is 24.3 Å². The minimum Gasteiger partial charge on any atom is -0.482 e. The summed E-state index contributed by atoms with van der Waals surface area (Å²) < 4.78 is 22.8. The van der Waals surface area contributed by atoms with Gasteiger partial charge in [0.1, 0.15) is 11.6 Å². The molecule has 0 aliphatic carbocycles. The van der Waals surface area contributed by atoms with Crippen molar-refractivity contribution in [2.45, 2.75) is 26.2 Å². The number of carbonyl (C=O) groups excluding carboxylic acids is 2. The van der Waals surface area contributed by atoms with Gasteiger partial charge in [0, 0.05) is 5.69 Å². The monoisotopic (exact) mass is 359 g/mol. The maximum absolute atomic E-state index is 12.8. The third-order valence-corrected chi connectivity index (χ3v) is 3.59. The number of esters is 1. The summed E-state index contributed by atoms with van der Waals surface area (Å²) in [5.74, 6) is -1.16. The van der Waals surface area contributed by atoms with E-state index in [1.54, 1.807) is 0 Å². The summed E-state index contributed by atoms with van der Waals surface area (Å²) in [7, 11) is 0. The number of aryl methyl sites for hydroxylation is 1. The first-order chi connectivity index (χ1) is 12.6. The molecule has 1 N–H and O–H groups in total. The molecule has 2 rings (SSSR count). The number of amides is 1. The van der Waals surface area contributed by atoms with Crippen molar-refractivity contribution in [2.75, 3.05) is 18.5 Å². The summed E-state index contributed by atoms with van der Waals surface area (Å²) in [6, 6.07) is 12.8. The molecule has 138 valence electrons. The van der Waals surface area contributed by atoms with Gasteiger partial charge in [-0.05, 0) is 54.8 Å². The Bertz CT molecular complexity index is 714. The number of unbranched alkanes of at least 4 members (excludes halogenated alkanes) is 1. The highest BCUT2D eigenvalue weighted by Crippen LogP contribution is 2.12. The van der Waals surface area contributed by atoms with Gasteiger partial charge in [-0.3, -0.25) is 4.79 Å². The predicted octanol–water partition coefficient (Wildman–Crippen LogP) is 3.73. The number of nitrogens with one attached hydrogen (secondary N) is 1. The fourth-order valence-electron chi connectivity index (χ4n) is 2.19. The quantitative estimate of drug-likeness (QED) is 0.693. The standard InChI is InChI=1S/C20H22FNO4/c1-2-3-4-15-5-9-17(10-6-15)22-19(23)13-26-20(24)14-25-18-11-7-16(21)8-12-18/h5-12H,2-4,13-14H2,1H3,(H,22,23). The van der Waals surface area contributed by atoms with Gasteiger partial charge in [-0.2, -0.15) is 0 Å². The molecule has 6 heteroatoms. The molecule has 5 nitrogen and oxygen atoms in total. The zero-order valence-corrected chi connectivity index (χ0v) is 14.7.